The standard InChI is InChI=1S/C30H47NO8/c1-8-9-10-27(32)37-22(6)19-31-24(30(35)36-7)17-23-13-14-25(38-28(33)15-11-20(2)3)26(18-23)39-29(34)16-12-21(4)5/h13-14,18,20-22,24,31H,8-12,15-17,19H2,1-7H3/t22?,24-/m0/s1. The van der Waals surface area contributed by atoms with E-state index in [-0.39, 0.29) is 43.3 Å². The maximum Gasteiger partial charge on any atom is 0.323 e. The predicted octanol–water partition coefficient (Wildman–Crippen LogP) is 5.17. The third-order valence-electron chi connectivity index (χ3n) is 5.95. The summed E-state index contributed by atoms with van der Waals surface area (Å²) in [6.45, 7) is 12.1. The highest BCUT2D eigenvalue weighted by atomic mass is 16.6. The van der Waals surface area contributed by atoms with Gasteiger partial charge in [-0.05, 0) is 62.1 Å². The predicted molar refractivity (Wildman–Crippen MR) is 148 cm³/mol. The number of unbranched alkanes of at least 4 members (excludes halogenated alkanes) is 1. The van der Waals surface area contributed by atoms with Gasteiger partial charge in [0, 0.05) is 25.8 Å². The van der Waals surface area contributed by atoms with Gasteiger partial charge in [-0.25, -0.2) is 0 Å². The van der Waals surface area contributed by atoms with Crippen molar-refractivity contribution in [1.29, 1.82) is 0 Å². The average molecular weight is 550 g/mol. The molecule has 0 bridgehead atoms. The zero-order valence-electron chi connectivity index (χ0n) is 24.7. The molecule has 220 valence electrons. The fraction of sp³-hybridized carbons (Fsp3) is 0.667. The quantitative estimate of drug-likeness (QED) is 0.196. The van der Waals surface area contributed by atoms with E-state index < -0.39 is 30.1 Å². The number of hydrogen-bond donors (Lipinski definition) is 1. The van der Waals surface area contributed by atoms with E-state index in [4.69, 9.17) is 18.9 Å². The number of ether oxygens (including phenoxy) is 4. The van der Waals surface area contributed by atoms with Gasteiger partial charge in [-0.15, -0.1) is 0 Å². The molecule has 0 spiro atoms. The molecular weight excluding hydrogens is 502 g/mol. The monoisotopic (exact) mass is 549 g/mol. The van der Waals surface area contributed by atoms with Crippen molar-refractivity contribution in [2.75, 3.05) is 13.7 Å². The van der Waals surface area contributed by atoms with Crippen LogP contribution in [0.25, 0.3) is 0 Å². The van der Waals surface area contributed by atoms with Crippen molar-refractivity contribution < 1.29 is 38.1 Å². The topological polar surface area (TPSA) is 117 Å². The van der Waals surface area contributed by atoms with Crippen molar-refractivity contribution in [3.8, 4) is 11.5 Å². The van der Waals surface area contributed by atoms with Crippen LogP contribution in [0, 0.1) is 11.8 Å². The van der Waals surface area contributed by atoms with E-state index >= 15 is 0 Å². The molecule has 2 atom stereocenters. The number of rotatable bonds is 18. The summed E-state index contributed by atoms with van der Waals surface area (Å²) < 4.78 is 21.5. The van der Waals surface area contributed by atoms with Crippen LogP contribution in [0.2, 0.25) is 0 Å². The lowest BCUT2D eigenvalue weighted by Gasteiger charge is -2.20. The molecule has 0 saturated heterocycles. The van der Waals surface area contributed by atoms with Gasteiger partial charge in [0.25, 0.3) is 0 Å². The van der Waals surface area contributed by atoms with Crippen LogP contribution in [0.4, 0.5) is 0 Å². The number of carbonyl (C=O) groups is 4. The summed E-state index contributed by atoms with van der Waals surface area (Å²) >= 11 is 0. The second-order valence-corrected chi connectivity index (χ2v) is 10.7. The van der Waals surface area contributed by atoms with E-state index in [2.05, 4.69) is 5.32 Å². The highest BCUT2D eigenvalue weighted by molar-refractivity contribution is 5.77. The lowest BCUT2D eigenvalue weighted by molar-refractivity contribution is -0.148. The van der Waals surface area contributed by atoms with E-state index in [1.165, 1.54) is 7.11 Å². The molecule has 1 rings (SSSR count). The fourth-order valence-corrected chi connectivity index (χ4v) is 3.58. The largest absolute Gasteiger partial charge is 0.468 e. The van der Waals surface area contributed by atoms with Gasteiger partial charge in [-0.3, -0.25) is 19.2 Å². The van der Waals surface area contributed by atoms with Gasteiger partial charge in [-0.2, -0.15) is 0 Å². The Morgan fingerprint density at radius 2 is 1.41 bits per heavy atom. The molecule has 0 radical (unpaired) electrons. The summed E-state index contributed by atoms with van der Waals surface area (Å²) in [5.41, 5.74) is 0.666. The van der Waals surface area contributed by atoms with Crippen LogP contribution in [0.3, 0.4) is 0 Å². The Balaban J connectivity index is 3.02. The Morgan fingerprint density at radius 1 is 0.821 bits per heavy atom. The van der Waals surface area contributed by atoms with Crippen molar-refractivity contribution in [3.05, 3.63) is 23.8 Å². The third kappa shape index (κ3) is 14.7. The van der Waals surface area contributed by atoms with Gasteiger partial charge in [0.2, 0.25) is 0 Å². The van der Waals surface area contributed by atoms with Crippen LogP contribution >= 0.6 is 0 Å². The summed E-state index contributed by atoms with van der Waals surface area (Å²) in [6, 6.07) is 4.14. The Kier molecular flexibility index (Phi) is 16.1. The van der Waals surface area contributed by atoms with Crippen molar-refractivity contribution in [2.45, 2.75) is 105 Å². The highest BCUT2D eigenvalue weighted by Crippen LogP contribution is 2.30. The molecule has 0 aromatic heterocycles. The minimum absolute atomic E-state index is 0.126. The Hall–Kier alpha value is -2.94. The molecule has 0 saturated carbocycles. The lowest BCUT2D eigenvalue weighted by Crippen LogP contribution is -2.43. The summed E-state index contributed by atoms with van der Waals surface area (Å²) in [7, 11) is 1.30. The Morgan fingerprint density at radius 3 is 1.95 bits per heavy atom. The minimum Gasteiger partial charge on any atom is -0.468 e. The Labute approximate surface area is 233 Å². The summed E-state index contributed by atoms with van der Waals surface area (Å²) in [4.78, 5) is 49.3. The van der Waals surface area contributed by atoms with Gasteiger partial charge in [-0.1, -0.05) is 47.1 Å². The molecule has 0 heterocycles. The van der Waals surface area contributed by atoms with E-state index in [9.17, 15) is 19.2 Å². The van der Waals surface area contributed by atoms with Crippen LogP contribution < -0.4 is 14.8 Å². The van der Waals surface area contributed by atoms with E-state index in [1.807, 2.05) is 34.6 Å². The molecule has 0 amide bonds. The van der Waals surface area contributed by atoms with Crippen LogP contribution in [-0.4, -0.2) is 49.7 Å². The summed E-state index contributed by atoms with van der Waals surface area (Å²) in [5, 5.41) is 3.10. The molecule has 9 nitrogen and oxygen atoms in total. The molecular formula is C30H47NO8. The molecule has 1 aromatic rings. The molecule has 0 aliphatic rings. The molecule has 1 N–H and O–H groups in total. The number of esters is 4. The summed E-state index contributed by atoms with van der Waals surface area (Å²) in [5.74, 6) is -0.644. The number of nitrogens with one attached hydrogen (secondary N) is 1. The lowest BCUT2D eigenvalue weighted by atomic mass is 10.0. The first-order chi connectivity index (χ1) is 18.4. The first-order valence-corrected chi connectivity index (χ1v) is 14.0. The van der Waals surface area contributed by atoms with Crippen LogP contribution in [0.15, 0.2) is 18.2 Å². The van der Waals surface area contributed by atoms with Crippen LogP contribution in [0.1, 0.15) is 92.1 Å². The number of benzene rings is 1. The third-order valence-corrected chi connectivity index (χ3v) is 5.95. The fourth-order valence-electron chi connectivity index (χ4n) is 3.58. The maximum atomic E-state index is 12.5. The molecule has 0 aliphatic carbocycles. The van der Waals surface area contributed by atoms with Crippen molar-refractivity contribution in [3.63, 3.8) is 0 Å². The molecule has 39 heavy (non-hydrogen) atoms. The molecule has 1 aromatic carbocycles. The zero-order chi connectivity index (χ0) is 29.4. The molecule has 9 heteroatoms. The maximum absolute atomic E-state index is 12.5. The zero-order valence-corrected chi connectivity index (χ0v) is 24.7. The number of hydrogen-bond acceptors (Lipinski definition) is 9. The van der Waals surface area contributed by atoms with Gasteiger partial charge >= 0.3 is 23.9 Å². The van der Waals surface area contributed by atoms with Gasteiger partial charge < -0.3 is 24.3 Å². The first kappa shape index (κ1) is 34.1. The second-order valence-electron chi connectivity index (χ2n) is 10.7. The second kappa shape index (κ2) is 18.4. The minimum atomic E-state index is -0.740. The van der Waals surface area contributed by atoms with E-state index in [0.29, 0.717) is 36.7 Å². The smallest absolute Gasteiger partial charge is 0.323 e. The van der Waals surface area contributed by atoms with Gasteiger partial charge in [0.15, 0.2) is 11.5 Å². The van der Waals surface area contributed by atoms with Crippen LogP contribution in [-0.2, 0) is 35.1 Å². The van der Waals surface area contributed by atoms with Gasteiger partial charge in [0.1, 0.15) is 12.1 Å². The number of carbonyl (C=O) groups excluding carboxylic acids is 4. The van der Waals surface area contributed by atoms with E-state index in [1.54, 1.807) is 25.1 Å². The van der Waals surface area contributed by atoms with Crippen molar-refractivity contribution in [1.82, 2.24) is 5.32 Å². The summed E-state index contributed by atoms with van der Waals surface area (Å²) in [6.07, 6.45) is 3.60. The van der Waals surface area contributed by atoms with Gasteiger partial charge in [0.05, 0.1) is 7.11 Å². The normalized spacial score (nSPS) is 12.6. The van der Waals surface area contributed by atoms with Crippen molar-refractivity contribution >= 4 is 23.9 Å². The molecule has 0 aliphatic heterocycles. The van der Waals surface area contributed by atoms with Crippen molar-refractivity contribution in [2.24, 2.45) is 11.8 Å². The molecule has 0 fully saturated rings. The highest BCUT2D eigenvalue weighted by Gasteiger charge is 2.23. The van der Waals surface area contributed by atoms with E-state index in [0.717, 1.165) is 12.8 Å². The Bertz CT molecular complexity index is 928. The number of methoxy groups -OCH3 is 1. The SMILES string of the molecule is CCCCC(=O)OC(C)CN[C@@H](Cc1ccc(OC(=O)CCC(C)C)c(OC(=O)CCC(C)C)c1)C(=O)OC. The molecule has 1 unspecified atom stereocenters. The van der Waals surface area contributed by atoms with Crippen LogP contribution in [0.5, 0.6) is 11.5 Å². The average Bonchev–Trinajstić information content (AvgIpc) is 2.88. The first-order valence-electron chi connectivity index (χ1n) is 14.0.